The third-order valence-electron chi connectivity index (χ3n) is 3.73. The maximum atomic E-state index is 12.4. The van der Waals surface area contributed by atoms with Crippen molar-refractivity contribution >= 4 is 33.0 Å². The number of carbonyl (C=O) groups excluding carboxylic acids is 1. The van der Waals surface area contributed by atoms with Gasteiger partial charge in [0.05, 0.1) is 21.7 Å². The fourth-order valence-corrected chi connectivity index (χ4v) is 3.65. The van der Waals surface area contributed by atoms with Crippen molar-refractivity contribution in [2.75, 3.05) is 16.2 Å². The molecule has 1 fully saturated rings. The van der Waals surface area contributed by atoms with Crippen LogP contribution in [0.25, 0.3) is 0 Å². The highest BCUT2D eigenvalue weighted by Crippen LogP contribution is 2.33. The largest absolute Gasteiger partial charge is 0.306 e. The van der Waals surface area contributed by atoms with Crippen LogP contribution in [0.3, 0.4) is 0 Å². The number of rotatable bonds is 5. The van der Waals surface area contributed by atoms with Crippen LogP contribution in [-0.2, 0) is 14.8 Å². The third kappa shape index (κ3) is 3.43. The number of nitro benzene ring substituents is 1. The summed E-state index contributed by atoms with van der Waals surface area (Å²) in [5.41, 5.74) is -0.0823. The van der Waals surface area contributed by atoms with Crippen molar-refractivity contribution in [2.45, 2.75) is 17.7 Å². The third-order valence-corrected chi connectivity index (χ3v) is 5.11. The Kier molecular flexibility index (Phi) is 4.36. The molecule has 0 unspecified atom stereocenters. The molecule has 0 saturated carbocycles. The summed E-state index contributed by atoms with van der Waals surface area (Å²) in [6.07, 6.45) is 3.74. The van der Waals surface area contributed by atoms with Gasteiger partial charge in [0, 0.05) is 25.2 Å². The number of hydrogen-bond donors (Lipinski definition) is 1. The number of nitrogens with zero attached hydrogens (tertiary/aromatic N) is 3. The Bertz CT molecular complexity index is 930. The summed E-state index contributed by atoms with van der Waals surface area (Å²) in [5, 5.41) is 11.4. The van der Waals surface area contributed by atoms with E-state index in [-0.39, 0.29) is 22.2 Å². The second-order valence-corrected chi connectivity index (χ2v) is 7.09. The molecule has 1 saturated heterocycles. The molecule has 1 aromatic carbocycles. The van der Waals surface area contributed by atoms with Gasteiger partial charge < -0.3 is 4.90 Å². The van der Waals surface area contributed by atoms with Crippen LogP contribution in [0.15, 0.2) is 47.6 Å². The van der Waals surface area contributed by atoms with E-state index in [0.29, 0.717) is 19.4 Å². The first-order valence-corrected chi connectivity index (χ1v) is 8.88. The summed E-state index contributed by atoms with van der Waals surface area (Å²) in [6, 6.07) is 6.56. The molecule has 0 aliphatic carbocycles. The highest BCUT2D eigenvalue weighted by Gasteiger charge is 2.30. The van der Waals surface area contributed by atoms with Gasteiger partial charge in [-0.25, -0.2) is 8.42 Å². The van der Waals surface area contributed by atoms with Crippen LogP contribution in [0.4, 0.5) is 17.1 Å². The van der Waals surface area contributed by atoms with Gasteiger partial charge in [-0.1, -0.05) is 0 Å². The van der Waals surface area contributed by atoms with Gasteiger partial charge in [0.25, 0.3) is 15.7 Å². The van der Waals surface area contributed by atoms with Crippen molar-refractivity contribution in [3.05, 3.63) is 52.8 Å². The average molecular weight is 362 g/mol. The quantitative estimate of drug-likeness (QED) is 0.640. The summed E-state index contributed by atoms with van der Waals surface area (Å²) >= 11 is 0. The molecule has 1 aliphatic heterocycles. The zero-order valence-electron chi connectivity index (χ0n) is 13.0. The lowest BCUT2D eigenvalue weighted by atomic mass is 10.2. The van der Waals surface area contributed by atoms with E-state index in [1.165, 1.54) is 35.5 Å². The van der Waals surface area contributed by atoms with Crippen LogP contribution >= 0.6 is 0 Å². The Hall–Kier alpha value is -3.01. The van der Waals surface area contributed by atoms with Crippen LogP contribution in [-0.4, -0.2) is 30.8 Å². The molecule has 10 heteroatoms. The van der Waals surface area contributed by atoms with E-state index in [0.717, 1.165) is 6.07 Å². The number of anilines is 2. The minimum atomic E-state index is -4.02. The van der Waals surface area contributed by atoms with E-state index in [1.807, 2.05) is 0 Å². The molecular formula is C15H14N4O5S. The van der Waals surface area contributed by atoms with E-state index in [9.17, 15) is 23.3 Å². The van der Waals surface area contributed by atoms with Crippen LogP contribution in [0, 0.1) is 10.1 Å². The van der Waals surface area contributed by atoms with Crippen LogP contribution in [0.2, 0.25) is 0 Å². The second kappa shape index (κ2) is 6.48. The normalized spacial score (nSPS) is 14.6. The molecule has 9 nitrogen and oxygen atoms in total. The molecule has 3 rings (SSSR count). The van der Waals surface area contributed by atoms with Crippen molar-refractivity contribution in [1.29, 1.82) is 0 Å². The maximum Gasteiger partial charge on any atom is 0.294 e. The number of nitrogens with one attached hydrogen (secondary N) is 1. The van der Waals surface area contributed by atoms with Crippen molar-refractivity contribution in [3.8, 4) is 0 Å². The Labute approximate surface area is 143 Å². The van der Waals surface area contributed by atoms with Gasteiger partial charge in [0.2, 0.25) is 5.91 Å². The van der Waals surface area contributed by atoms with Crippen molar-refractivity contribution < 1.29 is 18.1 Å². The number of sulfonamides is 1. The molecule has 1 amide bonds. The molecule has 25 heavy (non-hydrogen) atoms. The lowest BCUT2D eigenvalue weighted by Gasteiger charge is -2.16. The maximum absolute atomic E-state index is 12.4. The molecule has 2 aromatic rings. The summed E-state index contributed by atoms with van der Waals surface area (Å²) < 4.78 is 27.2. The molecule has 0 radical (unpaired) electrons. The van der Waals surface area contributed by atoms with Gasteiger partial charge >= 0.3 is 0 Å². The lowest BCUT2D eigenvalue weighted by molar-refractivity contribution is -0.384. The van der Waals surface area contributed by atoms with Gasteiger partial charge in [-0.2, -0.15) is 0 Å². The molecule has 1 N–H and O–H groups in total. The number of amides is 1. The Morgan fingerprint density at radius 2 is 2.08 bits per heavy atom. The van der Waals surface area contributed by atoms with Gasteiger partial charge in [-0.05, 0) is 30.7 Å². The first kappa shape index (κ1) is 16.8. The van der Waals surface area contributed by atoms with Gasteiger partial charge in [0.1, 0.15) is 5.69 Å². The molecule has 0 spiro atoms. The first-order chi connectivity index (χ1) is 11.9. The van der Waals surface area contributed by atoms with Crippen molar-refractivity contribution in [3.63, 3.8) is 0 Å². The lowest BCUT2D eigenvalue weighted by Crippen LogP contribution is -2.25. The number of nitro groups is 1. The summed E-state index contributed by atoms with van der Waals surface area (Å²) in [6.45, 7) is 0.375. The summed E-state index contributed by atoms with van der Waals surface area (Å²) in [4.78, 5) is 27.4. The van der Waals surface area contributed by atoms with E-state index in [1.54, 1.807) is 6.07 Å². The zero-order chi connectivity index (χ0) is 18.0. The monoisotopic (exact) mass is 362 g/mol. The minimum absolute atomic E-state index is 0.104. The zero-order valence-corrected chi connectivity index (χ0v) is 13.8. The van der Waals surface area contributed by atoms with E-state index in [4.69, 9.17) is 0 Å². The van der Waals surface area contributed by atoms with E-state index in [2.05, 4.69) is 9.71 Å². The van der Waals surface area contributed by atoms with Crippen LogP contribution in [0.1, 0.15) is 12.8 Å². The van der Waals surface area contributed by atoms with Crippen molar-refractivity contribution in [2.24, 2.45) is 0 Å². The SMILES string of the molecule is O=C1CCCN1c1ccc(S(=O)(=O)Nc2cccnc2)cc1[N+](=O)[O-]. The minimum Gasteiger partial charge on any atom is -0.306 e. The van der Waals surface area contributed by atoms with Gasteiger partial charge in [-0.3, -0.25) is 24.6 Å². The summed E-state index contributed by atoms with van der Waals surface area (Å²) in [5.74, 6) is -0.216. The van der Waals surface area contributed by atoms with Gasteiger partial charge in [0.15, 0.2) is 0 Å². The predicted octanol–water partition coefficient (Wildman–Crippen LogP) is 1.92. The molecular weight excluding hydrogens is 348 g/mol. The average Bonchev–Trinajstić information content (AvgIpc) is 3.00. The Balaban J connectivity index is 1.99. The number of aromatic nitrogens is 1. The molecule has 130 valence electrons. The van der Waals surface area contributed by atoms with E-state index < -0.39 is 20.6 Å². The second-order valence-electron chi connectivity index (χ2n) is 5.40. The smallest absolute Gasteiger partial charge is 0.294 e. The fourth-order valence-electron chi connectivity index (χ4n) is 2.58. The molecule has 1 aliphatic rings. The van der Waals surface area contributed by atoms with Crippen molar-refractivity contribution in [1.82, 2.24) is 4.98 Å². The van der Waals surface area contributed by atoms with Crippen LogP contribution in [0.5, 0.6) is 0 Å². The highest BCUT2D eigenvalue weighted by molar-refractivity contribution is 7.92. The molecule has 2 heterocycles. The first-order valence-electron chi connectivity index (χ1n) is 7.40. The standard InChI is InChI=1S/C15H14N4O5S/c20-15-4-2-8-18(15)13-6-5-12(9-14(13)19(21)22)25(23,24)17-11-3-1-7-16-10-11/h1,3,5-7,9-10,17H,2,4,8H2. The summed E-state index contributed by atoms with van der Waals surface area (Å²) in [7, 11) is -4.02. The Morgan fingerprint density at radius 1 is 1.28 bits per heavy atom. The topological polar surface area (TPSA) is 123 Å². The number of hydrogen-bond acceptors (Lipinski definition) is 6. The molecule has 0 bridgehead atoms. The highest BCUT2D eigenvalue weighted by atomic mass is 32.2. The van der Waals surface area contributed by atoms with Gasteiger partial charge in [-0.15, -0.1) is 0 Å². The molecule has 1 aromatic heterocycles. The van der Waals surface area contributed by atoms with E-state index >= 15 is 0 Å². The predicted molar refractivity (Wildman–Crippen MR) is 89.7 cm³/mol. The number of benzene rings is 1. The fraction of sp³-hybridized carbons (Fsp3) is 0.200. The van der Waals surface area contributed by atoms with Crippen LogP contribution < -0.4 is 9.62 Å². The number of pyridine rings is 1. The Morgan fingerprint density at radius 3 is 2.68 bits per heavy atom. The molecule has 0 atom stereocenters. The number of carbonyl (C=O) groups is 1.